The summed E-state index contributed by atoms with van der Waals surface area (Å²) < 4.78 is 0. The SMILES string of the molecule is C/C1=C/CC[C@H](C)C(=O)C[C@@H](C(C)C)C(=O)C1. The molecule has 0 saturated heterocycles. The van der Waals surface area contributed by atoms with Crippen molar-refractivity contribution in [1.29, 1.82) is 0 Å². The molecule has 0 aromatic rings. The Bertz CT molecular complexity index is 326. The Morgan fingerprint density at radius 3 is 2.47 bits per heavy atom. The van der Waals surface area contributed by atoms with E-state index in [4.69, 9.17) is 0 Å². The predicted octanol–water partition coefficient (Wildman–Crippen LogP) is 3.55. The molecule has 0 unspecified atom stereocenters. The largest absolute Gasteiger partial charge is 0.299 e. The topological polar surface area (TPSA) is 34.1 Å². The van der Waals surface area contributed by atoms with Crippen LogP contribution in [0, 0.1) is 17.8 Å². The Hall–Kier alpha value is -0.920. The molecule has 0 fully saturated rings. The quantitative estimate of drug-likeness (QED) is 0.652. The molecule has 0 spiro atoms. The second-order valence-corrected chi connectivity index (χ2v) is 5.69. The van der Waals surface area contributed by atoms with Crippen LogP contribution in [0.5, 0.6) is 0 Å². The van der Waals surface area contributed by atoms with Crippen molar-refractivity contribution in [3.8, 4) is 0 Å². The molecular formula is C15H24O2. The summed E-state index contributed by atoms with van der Waals surface area (Å²) in [5, 5.41) is 0. The highest BCUT2D eigenvalue weighted by Crippen LogP contribution is 2.25. The third-order valence-electron chi connectivity index (χ3n) is 3.73. The molecule has 17 heavy (non-hydrogen) atoms. The molecule has 2 atom stereocenters. The van der Waals surface area contributed by atoms with Gasteiger partial charge in [0.05, 0.1) is 0 Å². The van der Waals surface area contributed by atoms with Crippen LogP contribution in [-0.2, 0) is 9.59 Å². The molecule has 96 valence electrons. The highest BCUT2D eigenvalue weighted by molar-refractivity contribution is 5.90. The molecule has 0 saturated carbocycles. The Morgan fingerprint density at radius 1 is 1.24 bits per heavy atom. The Labute approximate surface area is 104 Å². The van der Waals surface area contributed by atoms with Gasteiger partial charge in [0.15, 0.2) is 0 Å². The fraction of sp³-hybridized carbons (Fsp3) is 0.733. The minimum atomic E-state index is -0.0913. The lowest BCUT2D eigenvalue weighted by molar-refractivity contribution is -0.130. The maximum atomic E-state index is 12.1. The number of Topliss-reactive ketones (excluding diaryl/α,β-unsaturated/α-hetero) is 2. The molecule has 0 aliphatic heterocycles. The molecule has 2 nitrogen and oxygen atoms in total. The summed E-state index contributed by atoms with van der Waals surface area (Å²) >= 11 is 0. The van der Waals surface area contributed by atoms with Crippen LogP contribution in [0.2, 0.25) is 0 Å². The van der Waals surface area contributed by atoms with Crippen molar-refractivity contribution < 1.29 is 9.59 Å². The summed E-state index contributed by atoms with van der Waals surface area (Å²) in [7, 11) is 0. The minimum absolute atomic E-state index is 0.0891. The maximum absolute atomic E-state index is 12.1. The van der Waals surface area contributed by atoms with Crippen LogP contribution in [0.25, 0.3) is 0 Å². The third kappa shape index (κ3) is 4.10. The summed E-state index contributed by atoms with van der Waals surface area (Å²) in [6, 6.07) is 0. The predicted molar refractivity (Wildman–Crippen MR) is 69.7 cm³/mol. The first-order valence-corrected chi connectivity index (χ1v) is 6.63. The van der Waals surface area contributed by atoms with Gasteiger partial charge in [-0.2, -0.15) is 0 Å². The standard InChI is InChI=1S/C15H24O2/c1-10(2)13-9-14(16)12(4)7-5-6-11(3)8-15(13)17/h6,10,12-13H,5,7-9H2,1-4H3/b11-6-/t12-,13-/m0/s1. The maximum Gasteiger partial charge on any atom is 0.140 e. The number of hydrogen-bond acceptors (Lipinski definition) is 2. The van der Waals surface area contributed by atoms with Gasteiger partial charge in [-0.15, -0.1) is 0 Å². The van der Waals surface area contributed by atoms with E-state index in [2.05, 4.69) is 6.08 Å². The Balaban J connectivity index is 2.90. The Morgan fingerprint density at radius 2 is 1.88 bits per heavy atom. The smallest absolute Gasteiger partial charge is 0.140 e. The van der Waals surface area contributed by atoms with E-state index in [1.165, 1.54) is 0 Å². The molecule has 2 heteroatoms. The summed E-state index contributed by atoms with van der Waals surface area (Å²) in [6.45, 7) is 8.06. The lowest BCUT2D eigenvalue weighted by Gasteiger charge is -2.22. The van der Waals surface area contributed by atoms with Crippen molar-refractivity contribution in [1.82, 2.24) is 0 Å². The van der Waals surface area contributed by atoms with Gasteiger partial charge in [0.25, 0.3) is 0 Å². The first kappa shape index (κ1) is 14.1. The average molecular weight is 236 g/mol. The monoisotopic (exact) mass is 236 g/mol. The van der Waals surface area contributed by atoms with Crippen LogP contribution in [0.3, 0.4) is 0 Å². The van der Waals surface area contributed by atoms with Crippen LogP contribution >= 0.6 is 0 Å². The zero-order chi connectivity index (χ0) is 13.0. The highest BCUT2D eigenvalue weighted by atomic mass is 16.1. The van der Waals surface area contributed by atoms with E-state index in [1.54, 1.807) is 0 Å². The van der Waals surface area contributed by atoms with E-state index < -0.39 is 0 Å². The first-order chi connectivity index (χ1) is 7.91. The number of rotatable bonds is 1. The van der Waals surface area contributed by atoms with Gasteiger partial charge in [-0.25, -0.2) is 0 Å². The van der Waals surface area contributed by atoms with Gasteiger partial charge in [0.2, 0.25) is 0 Å². The third-order valence-corrected chi connectivity index (χ3v) is 3.73. The number of carbonyl (C=O) groups excluding carboxylic acids is 2. The molecule has 0 bridgehead atoms. The molecule has 0 aromatic carbocycles. The Kier molecular flexibility index (Phi) is 5.10. The molecule has 1 rings (SSSR count). The number of carbonyl (C=O) groups is 2. The summed E-state index contributed by atoms with van der Waals surface area (Å²) in [5.41, 5.74) is 1.15. The van der Waals surface area contributed by atoms with Gasteiger partial charge < -0.3 is 0 Å². The highest BCUT2D eigenvalue weighted by Gasteiger charge is 2.27. The van der Waals surface area contributed by atoms with Gasteiger partial charge in [-0.05, 0) is 25.7 Å². The summed E-state index contributed by atoms with van der Waals surface area (Å²) in [5.74, 6) is 0.740. The molecule has 1 aliphatic rings. The lowest BCUT2D eigenvalue weighted by Crippen LogP contribution is -2.26. The summed E-state index contributed by atoms with van der Waals surface area (Å²) in [4.78, 5) is 24.1. The zero-order valence-electron chi connectivity index (χ0n) is 11.5. The molecule has 0 N–H and O–H groups in total. The molecular weight excluding hydrogens is 212 g/mol. The van der Waals surface area contributed by atoms with Crippen LogP contribution in [-0.4, -0.2) is 11.6 Å². The van der Waals surface area contributed by atoms with Gasteiger partial charge in [-0.1, -0.05) is 32.4 Å². The van der Waals surface area contributed by atoms with E-state index in [1.807, 2.05) is 27.7 Å². The second kappa shape index (κ2) is 6.13. The fourth-order valence-electron chi connectivity index (χ4n) is 2.36. The van der Waals surface area contributed by atoms with Crippen molar-refractivity contribution >= 4 is 11.6 Å². The van der Waals surface area contributed by atoms with Crippen LogP contribution in [0.15, 0.2) is 11.6 Å². The van der Waals surface area contributed by atoms with Gasteiger partial charge >= 0.3 is 0 Å². The molecule has 0 aromatic heterocycles. The van der Waals surface area contributed by atoms with E-state index in [9.17, 15) is 9.59 Å². The van der Waals surface area contributed by atoms with Gasteiger partial charge in [-0.3, -0.25) is 9.59 Å². The zero-order valence-corrected chi connectivity index (χ0v) is 11.5. The van der Waals surface area contributed by atoms with Crippen LogP contribution in [0.4, 0.5) is 0 Å². The van der Waals surface area contributed by atoms with Crippen LogP contribution < -0.4 is 0 Å². The van der Waals surface area contributed by atoms with Crippen LogP contribution in [0.1, 0.15) is 53.4 Å². The second-order valence-electron chi connectivity index (χ2n) is 5.69. The van der Waals surface area contributed by atoms with Crippen molar-refractivity contribution in [3.63, 3.8) is 0 Å². The van der Waals surface area contributed by atoms with E-state index in [-0.39, 0.29) is 29.3 Å². The van der Waals surface area contributed by atoms with E-state index in [0.29, 0.717) is 12.8 Å². The summed E-state index contributed by atoms with van der Waals surface area (Å²) in [6.07, 6.45) is 4.90. The van der Waals surface area contributed by atoms with Gasteiger partial charge in [0.1, 0.15) is 11.6 Å². The fourth-order valence-corrected chi connectivity index (χ4v) is 2.36. The van der Waals surface area contributed by atoms with Crippen molar-refractivity contribution in [2.24, 2.45) is 17.8 Å². The normalized spacial score (nSPS) is 31.2. The van der Waals surface area contributed by atoms with E-state index >= 15 is 0 Å². The lowest BCUT2D eigenvalue weighted by atomic mass is 9.81. The molecule has 0 heterocycles. The minimum Gasteiger partial charge on any atom is -0.299 e. The van der Waals surface area contributed by atoms with E-state index in [0.717, 1.165) is 18.4 Å². The first-order valence-electron chi connectivity index (χ1n) is 6.63. The molecule has 1 aliphatic carbocycles. The van der Waals surface area contributed by atoms with Crippen molar-refractivity contribution in [2.75, 3.05) is 0 Å². The molecule has 0 radical (unpaired) electrons. The number of ketones is 2. The van der Waals surface area contributed by atoms with Gasteiger partial charge in [0, 0.05) is 24.7 Å². The van der Waals surface area contributed by atoms with Crippen molar-refractivity contribution in [2.45, 2.75) is 53.4 Å². The number of hydrogen-bond donors (Lipinski definition) is 0. The number of allylic oxidation sites excluding steroid dienone is 2. The average Bonchev–Trinajstić information content (AvgIpc) is 2.23. The van der Waals surface area contributed by atoms with Crippen molar-refractivity contribution in [3.05, 3.63) is 11.6 Å². The molecule has 0 amide bonds.